The van der Waals surface area contributed by atoms with Crippen molar-refractivity contribution in [2.45, 2.75) is 64.7 Å². The molecule has 0 saturated heterocycles. The van der Waals surface area contributed by atoms with E-state index in [1.54, 1.807) is 17.4 Å². The van der Waals surface area contributed by atoms with Gasteiger partial charge in [-0.3, -0.25) is 10.1 Å². The quantitative estimate of drug-likeness (QED) is 0.425. The second-order valence-electron chi connectivity index (χ2n) is 10.6. The highest BCUT2D eigenvalue weighted by Crippen LogP contribution is 2.61. The van der Waals surface area contributed by atoms with Crippen molar-refractivity contribution >= 4 is 29.0 Å². The third kappa shape index (κ3) is 5.43. The lowest BCUT2D eigenvalue weighted by Gasteiger charge is -2.60. The lowest BCUT2D eigenvalue weighted by atomic mass is 9.46. The lowest BCUT2D eigenvalue weighted by Crippen LogP contribution is -2.61. The smallest absolute Gasteiger partial charge is 0.411 e. The summed E-state index contributed by atoms with van der Waals surface area (Å²) in [5.41, 5.74) is -0.868. The average molecular weight is 519 g/mol. The van der Waals surface area contributed by atoms with E-state index in [9.17, 15) is 24.2 Å². The zero-order valence-electron chi connectivity index (χ0n) is 20.7. The molecule has 2 saturated carbocycles. The maximum Gasteiger partial charge on any atom is 0.411 e. The van der Waals surface area contributed by atoms with E-state index in [4.69, 9.17) is 4.74 Å². The van der Waals surface area contributed by atoms with Crippen molar-refractivity contribution in [2.75, 3.05) is 11.9 Å². The number of aliphatic hydroxyl groups excluding tert-OH is 2. The molecule has 0 spiro atoms. The van der Waals surface area contributed by atoms with Gasteiger partial charge in [-0.1, -0.05) is 26.0 Å². The fourth-order valence-electron chi connectivity index (χ4n) is 6.49. The lowest BCUT2D eigenvalue weighted by molar-refractivity contribution is -0.185. The van der Waals surface area contributed by atoms with Crippen LogP contribution in [0.25, 0.3) is 0 Å². The molecule has 1 aromatic carbocycles. The first-order valence-electron chi connectivity index (χ1n) is 12.5. The van der Waals surface area contributed by atoms with Crippen molar-refractivity contribution in [3.8, 4) is 0 Å². The number of ether oxygens (including phenoxy) is 1. The maximum absolute atomic E-state index is 13.5. The Bertz CT molecular complexity index is 1070. The molecule has 2 fully saturated rings. The number of carbonyl (C=O) groups is 2. The van der Waals surface area contributed by atoms with Crippen LogP contribution in [0, 0.1) is 28.5 Å². The maximum atomic E-state index is 13.5. The van der Waals surface area contributed by atoms with Crippen LogP contribution in [0.3, 0.4) is 0 Å². The van der Waals surface area contributed by atoms with Crippen LogP contribution in [0.2, 0.25) is 0 Å². The van der Waals surface area contributed by atoms with Gasteiger partial charge in [-0.05, 0) is 72.6 Å². The van der Waals surface area contributed by atoms with E-state index >= 15 is 0 Å². The first-order chi connectivity index (χ1) is 17.2. The highest BCUT2D eigenvalue weighted by atomic mass is 32.1. The van der Waals surface area contributed by atoms with Gasteiger partial charge in [-0.15, -0.1) is 11.3 Å². The fraction of sp³-hybridized carbons (Fsp3) is 0.556. The molecule has 1 unspecified atom stereocenters. The number of aliphatic hydroxyl groups is 2. The minimum atomic E-state index is -0.752. The topological polar surface area (TPSA) is 108 Å². The Labute approximate surface area is 215 Å². The van der Waals surface area contributed by atoms with Crippen LogP contribution in [-0.4, -0.2) is 41.0 Å². The molecule has 2 aliphatic rings. The van der Waals surface area contributed by atoms with Crippen molar-refractivity contribution in [3.05, 3.63) is 52.5 Å². The zero-order valence-corrected chi connectivity index (χ0v) is 21.5. The molecule has 36 heavy (non-hydrogen) atoms. The van der Waals surface area contributed by atoms with Gasteiger partial charge in [-0.2, -0.15) is 0 Å². The molecule has 2 amide bonds. The van der Waals surface area contributed by atoms with E-state index in [2.05, 4.69) is 17.6 Å². The summed E-state index contributed by atoms with van der Waals surface area (Å²) in [6.07, 6.45) is 0.634. The molecule has 196 valence electrons. The number of benzene rings is 1. The SMILES string of the molecule is C[C@]1(CO)C2CC[C@@H](O)[C@@H](CC(=O)NCc3cccs3)[C@]2(C)CC[C@H]1OC(=O)Nc1cccc(F)c1. The zero-order chi connectivity index (χ0) is 25.9. The number of amides is 2. The van der Waals surface area contributed by atoms with E-state index in [1.807, 2.05) is 24.4 Å². The van der Waals surface area contributed by atoms with Gasteiger partial charge in [0.1, 0.15) is 11.9 Å². The number of hydrogen-bond donors (Lipinski definition) is 4. The molecule has 9 heteroatoms. The molecule has 2 aliphatic carbocycles. The van der Waals surface area contributed by atoms with E-state index in [0.29, 0.717) is 37.9 Å². The molecule has 6 atom stereocenters. The second-order valence-corrected chi connectivity index (χ2v) is 11.6. The van der Waals surface area contributed by atoms with Crippen LogP contribution >= 0.6 is 11.3 Å². The van der Waals surface area contributed by atoms with Gasteiger partial charge >= 0.3 is 6.09 Å². The Morgan fingerprint density at radius 2 is 2.00 bits per heavy atom. The predicted octanol–water partition coefficient (Wildman–Crippen LogP) is 4.70. The van der Waals surface area contributed by atoms with Crippen LogP contribution in [0.5, 0.6) is 0 Å². The number of rotatable bonds is 7. The Morgan fingerprint density at radius 1 is 1.19 bits per heavy atom. The summed E-state index contributed by atoms with van der Waals surface area (Å²) in [5.74, 6) is -0.901. The van der Waals surface area contributed by atoms with Crippen molar-refractivity contribution in [1.82, 2.24) is 5.32 Å². The monoisotopic (exact) mass is 518 g/mol. The van der Waals surface area contributed by atoms with Crippen molar-refractivity contribution < 1.29 is 28.9 Å². The summed E-state index contributed by atoms with van der Waals surface area (Å²) in [4.78, 5) is 26.5. The van der Waals surface area contributed by atoms with Gasteiger partial charge in [0.25, 0.3) is 0 Å². The first-order valence-corrected chi connectivity index (χ1v) is 13.3. The summed E-state index contributed by atoms with van der Waals surface area (Å²) in [5, 5.41) is 29.0. The van der Waals surface area contributed by atoms with Gasteiger partial charge in [0.15, 0.2) is 0 Å². The van der Waals surface area contributed by atoms with E-state index in [1.165, 1.54) is 18.2 Å². The second kappa shape index (κ2) is 10.9. The number of hydrogen-bond acceptors (Lipinski definition) is 6. The van der Waals surface area contributed by atoms with Gasteiger partial charge in [-0.25, -0.2) is 9.18 Å². The van der Waals surface area contributed by atoms with E-state index in [0.717, 1.165) is 4.88 Å². The third-order valence-electron chi connectivity index (χ3n) is 8.44. The molecular weight excluding hydrogens is 483 g/mol. The van der Waals surface area contributed by atoms with Crippen LogP contribution in [0.15, 0.2) is 41.8 Å². The van der Waals surface area contributed by atoms with Crippen LogP contribution in [0.4, 0.5) is 14.9 Å². The summed E-state index contributed by atoms with van der Waals surface area (Å²) in [6.45, 7) is 4.28. The van der Waals surface area contributed by atoms with Crippen molar-refractivity contribution in [3.63, 3.8) is 0 Å². The van der Waals surface area contributed by atoms with Gasteiger partial charge < -0.3 is 20.3 Å². The highest BCUT2D eigenvalue weighted by molar-refractivity contribution is 7.09. The summed E-state index contributed by atoms with van der Waals surface area (Å²) in [6, 6.07) is 9.48. The van der Waals surface area contributed by atoms with Gasteiger partial charge in [0.05, 0.1) is 19.3 Å². The number of anilines is 1. The number of halogens is 1. The van der Waals surface area contributed by atoms with Gasteiger partial charge in [0.2, 0.25) is 5.91 Å². The molecule has 2 aromatic rings. The minimum absolute atomic E-state index is 0.0609. The largest absolute Gasteiger partial charge is 0.445 e. The Kier molecular flexibility index (Phi) is 8.02. The Balaban J connectivity index is 1.46. The summed E-state index contributed by atoms with van der Waals surface area (Å²) < 4.78 is 19.3. The third-order valence-corrected chi connectivity index (χ3v) is 9.32. The van der Waals surface area contributed by atoms with Gasteiger partial charge in [0, 0.05) is 22.4 Å². The molecular formula is C27H35FN2O5S. The molecule has 4 rings (SSSR count). The summed E-state index contributed by atoms with van der Waals surface area (Å²) in [7, 11) is 0. The standard InChI is InChI=1S/C27H35FN2O5S/c1-26-11-10-23(35-25(34)30-18-6-3-5-17(28)13-18)27(2,16-31)22(26)9-8-21(32)20(26)14-24(33)29-15-19-7-4-12-36-19/h3-7,12-13,20-23,31-32H,8-11,14-16H2,1-2H3,(H,29,33)(H,30,34)/t20-,21-,22?,23-,26+,27+/m1/s1. The van der Waals surface area contributed by atoms with Crippen LogP contribution in [-0.2, 0) is 16.1 Å². The van der Waals surface area contributed by atoms with Crippen LogP contribution in [0.1, 0.15) is 50.8 Å². The summed E-state index contributed by atoms with van der Waals surface area (Å²) >= 11 is 1.58. The van der Waals surface area contributed by atoms with Crippen molar-refractivity contribution in [2.24, 2.45) is 22.7 Å². The minimum Gasteiger partial charge on any atom is -0.445 e. The predicted molar refractivity (Wildman–Crippen MR) is 136 cm³/mol. The molecule has 1 heterocycles. The number of thiophene rings is 1. The molecule has 1 aromatic heterocycles. The Morgan fingerprint density at radius 3 is 2.69 bits per heavy atom. The normalized spacial score (nSPS) is 31.8. The molecule has 0 aliphatic heterocycles. The Hall–Kier alpha value is -2.49. The van der Waals surface area contributed by atoms with E-state index in [-0.39, 0.29) is 30.8 Å². The fourth-order valence-corrected chi connectivity index (χ4v) is 7.14. The molecule has 7 nitrogen and oxygen atoms in total. The van der Waals surface area contributed by atoms with Crippen LogP contribution < -0.4 is 10.6 Å². The first kappa shape index (κ1) is 26.6. The molecule has 4 N–H and O–H groups in total. The number of nitrogens with one attached hydrogen (secondary N) is 2. The average Bonchev–Trinajstić information content (AvgIpc) is 3.36. The molecule has 0 radical (unpaired) electrons. The number of fused-ring (bicyclic) bond motifs is 1. The van der Waals surface area contributed by atoms with E-state index < -0.39 is 34.9 Å². The molecule has 0 bridgehead atoms. The van der Waals surface area contributed by atoms with Crippen molar-refractivity contribution in [1.29, 1.82) is 0 Å². The number of carbonyl (C=O) groups excluding carboxylic acids is 2. The highest BCUT2D eigenvalue weighted by Gasteiger charge is 2.60.